The van der Waals surface area contributed by atoms with Crippen molar-refractivity contribution in [3.8, 4) is 0 Å². The number of para-hydroxylation sites is 1. The van der Waals surface area contributed by atoms with Crippen LogP contribution in [-0.4, -0.2) is 5.78 Å². The zero-order valence-corrected chi connectivity index (χ0v) is 12.2. The molecule has 0 aliphatic heterocycles. The second-order valence-corrected chi connectivity index (χ2v) is 6.14. The zero-order chi connectivity index (χ0) is 14.0. The van der Waals surface area contributed by atoms with Crippen LogP contribution < -0.4 is 5.32 Å². The first-order valence-electron chi connectivity index (χ1n) is 6.97. The molecule has 2 nitrogen and oxygen atoms in total. The van der Waals surface area contributed by atoms with Crippen LogP contribution in [0.25, 0.3) is 0 Å². The summed E-state index contributed by atoms with van der Waals surface area (Å²) < 4.78 is 0. The van der Waals surface area contributed by atoms with Crippen molar-refractivity contribution in [1.29, 1.82) is 0 Å². The molecule has 1 aliphatic rings. The van der Waals surface area contributed by atoms with Gasteiger partial charge in [0.2, 0.25) is 0 Å². The number of rotatable bonds is 2. The lowest BCUT2D eigenvalue weighted by atomic mass is 9.63. The molecule has 0 heterocycles. The molecule has 2 unspecified atom stereocenters. The van der Waals surface area contributed by atoms with Crippen LogP contribution in [0.1, 0.15) is 34.1 Å². The Bertz CT molecular complexity index is 487. The molecule has 1 N–H and O–H groups in total. The Kier molecular flexibility index (Phi) is 3.79. The van der Waals surface area contributed by atoms with Gasteiger partial charge in [0.25, 0.3) is 0 Å². The SMILES string of the molecule is CC1CC(=CNc2ccccc2)C(C)C(C)(C)C1=O. The van der Waals surface area contributed by atoms with E-state index >= 15 is 0 Å². The third-order valence-electron chi connectivity index (χ3n) is 4.46. The van der Waals surface area contributed by atoms with E-state index in [0.717, 1.165) is 12.1 Å². The summed E-state index contributed by atoms with van der Waals surface area (Å²) in [6.45, 7) is 8.31. The fourth-order valence-electron chi connectivity index (χ4n) is 2.83. The van der Waals surface area contributed by atoms with Gasteiger partial charge < -0.3 is 5.32 Å². The van der Waals surface area contributed by atoms with Gasteiger partial charge in [-0.1, -0.05) is 45.9 Å². The van der Waals surface area contributed by atoms with E-state index in [1.165, 1.54) is 5.57 Å². The summed E-state index contributed by atoms with van der Waals surface area (Å²) in [6.07, 6.45) is 2.95. The van der Waals surface area contributed by atoms with Gasteiger partial charge in [-0.3, -0.25) is 4.79 Å². The second kappa shape index (κ2) is 5.20. The maximum Gasteiger partial charge on any atom is 0.142 e. The Morgan fingerprint density at radius 3 is 2.47 bits per heavy atom. The van der Waals surface area contributed by atoms with Crippen LogP contribution >= 0.6 is 0 Å². The van der Waals surface area contributed by atoms with E-state index in [-0.39, 0.29) is 17.3 Å². The number of nitrogens with one attached hydrogen (secondary N) is 1. The fourth-order valence-corrected chi connectivity index (χ4v) is 2.83. The molecule has 2 atom stereocenters. The summed E-state index contributed by atoms with van der Waals surface area (Å²) in [4.78, 5) is 12.2. The van der Waals surface area contributed by atoms with Gasteiger partial charge in [-0.05, 0) is 30.0 Å². The Labute approximate surface area is 115 Å². The molecule has 0 amide bonds. The van der Waals surface area contributed by atoms with Crippen molar-refractivity contribution in [2.75, 3.05) is 5.32 Å². The third-order valence-corrected chi connectivity index (χ3v) is 4.46. The van der Waals surface area contributed by atoms with Crippen LogP contribution in [0.4, 0.5) is 5.69 Å². The highest BCUT2D eigenvalue weighted by atomic mass is 16.1. The molecule has 0 spiro atoms. The predicted molar refractivity (Wildman–Crippen MR) is 79.9 cm³/mol. The molecule has 2 heteroatoms. The monoisotopic (exact) mass is 257 g/mol. The van der Waals surface area contributed by atoms with Gasteiger partial charge >= 0.3 is 0 Å². The molecule has 1 aliphatic carbocycles. The molecule has 2 rings (SSSR count). The summed E-state index contributed by atoms with van der Waals surface area (Å²) in [6, 6.07) is 10.1. The molecule has 1 aromatic rings. The molecule has 0 saturated heterocycles. The highest BCUT2D eigenvalue weighted by Crippen LogP contribution is 2.43. The van der Waals surface area contributed by atoms with Gasteiger partial charge in [0, 0.05) is 23.2 Å². The minimum absolute atomic E-state index is 0.120. The van der Waals surface area contributed by atoms with Gasteiger partial charge in [0.15, 0.2) is 0 Å². The smallest absolute Gasteiger partial charge is 0.142 e. The molecule has 0 bridgehead atoms. The van der Waals surface area contributed by atoms with Crippen molar-refractivity contribution in [3.05, 3.63) is 42.1 Å². The quantitative estimate of drug-likeness (QED) is 0.858. The maximum absolute atomic E-state index is 12.2. The summed E-state index contributed by atoms with van der Waals surface area (Å²) in [5.74, 6) is 0.791. The van der Waals surface area contributed by atoms with E-state index in [0.29, 0.717) is 5.78 Å². The fraction of sp³-hybridized carbons (Fsp3) is 0.471. The van der Waals surface area contributed by atoms with Gasteiger partial charge in [0.1, 0.15) is 5.78 Å². The number of allylic oxidation sites excluding steroid dienone is 1. The summed E-state index contributed by atoms with van der Waals surface area (Å²) in [5, 5.41) is 3.34. The minimum Gasteiger partial charge on any atom is -0.362 e. The molecule has 0 aromatic heterocycles. The van der Waals surface area contributed by atoms with Gasteiger partial charge in [0.05, 0.1) is 0 Å². The van der Waals surface area contributed by atoms with E-state index in [4.69, 9.17) is 0 Å². The van der Waals surface area contributed by atoms with Gasteiger partial charge in [-0.2, -0.15) is 0 Å². The van der Waals surface area contributed by atoms with Crippen molar-refractivity contribution >= 4 is 11.5 Å². The zero-order valence-electron chi connectivity index (χ0n) is 12.2. The summed E-state index contributed by atoms with van der Waals surface area (Å²) in [5.41, 5.74) is 2.16. The molecular weight excluding hydrogens is 234 g/mol. The molecule has 102 valence electrons. The number of carbonyl (C=O) groups excluding carboxylic acids is 1. The number of hydrogen-bond acceptors (Lipinski definition) is 2. The van der Waals surface area contributed by atoms with E-state index in [9.17, 15) is 4.79 Å². The van der Waals surface area contributed by atoms with Crippen molar-refractivity contribution < 1.29 is 4.79 Å². The van der Waals surface area contributed by atoms with E-state index in [1.54, 1.807) is 0 Å². The van der Waals surface area contributed by atoms with Crippen LogP contribution in [-0.2, 0) is 4.79 Å². The number of anilines is 1. The Morgan fingerprint density at radius 1 is 1.21 bits per heavy atom. The lowest BCUT2D eigenvalue weighted by Gasteiger charge is -2.40. The topological polar surface area (TPSA) is 29.1 Å². The lowest BCUT2D eigenvalue weighted by Crippen LogP contribution is -2.41. The van der Waals surface area contributed by atoms with Crippen molar-refractivity contribution in [1.82, 2.24) is 0 Å². The van der Waals surface area contributed by atoms with E-state index < -0.39 is 0 Å². The minimum atomic E-state index is -0.262. The van der Waals surface area contributed by atoms with Gasteiger partial charge in [-0.15, -0.1) is 0 Å². The average Bonchev–Trinajstić information content (AvgIpc) is 2.41. The summed E-state index contributed by atoms with van der Waals surface area (Å²) in [7, 11) is 0. The van der Waals surface area contributed by atoms with Crippen molar-refractivity contribution in [2.24, 2.45) is 17.3 Å². The van der Waals surface area contributed by atoms with E-state index in [1.807, 2.05) is 37.3 Å². The first kappa shape index (κ1) is 13.9. The van der Waals surface area contributed by atoms with Crippen molar-refractivity contribution in [2.45, 2.75) is 34.1 Å². The lowest BCUT2D eigenvalue weighted by molar-refractivity contribution is -0.134. The Balaban J connectivity index is 2.18. The van der Waals surface area contributed by atoms with Gasteiger partial charge in [-0.25, -0.2) is 0 Å². The number of Topliss-reactive ketones (excluding diaryl/α,β-unsaturated/α-hetero) is 1. The first-order chi connectivity index (χ1) is 8.93. The largest absolute Gasteiger partial charge is 0.362 e. The molecular formula is C17H23NO. The number of benzene rings is 1. The third kappa shape index (κ3) is 2.73. The number of ketones is 1. The van der Waals surface area contributed by atoms with Crippen LogP contribution in [0.15, 0.2) is 42.1 Å². The Morgan fingerprint density at radius 2 is 1.84 bits per heavy atom. The van der Waals surface area contributed by atoms with Crippen LogP contribution in [0.3, 0.4) is 0 Å². The summed E-state index contributed by atoms with van der Waals surface area (Å²) >= 11 is 0. The standard InChI is InChI=1S/C17H23NO/c1-12-10-14(13(2)17(3,4)16(12)19)11-18-15-8-6-5-7-9-15/h5-9,11-13,18H,10H2,1-4H3. The molecule has 19 heavy (non-hydrogen) atoms. The molecule has 1 aromatic carbocycles. The number of hydrogen-bond donors (Lipinski definition) is 1. The van der Waals surface area contributed by atoms with Crippen LogP contribution in [0, 0.1) is 17.3 Å². The predicted octanol–water partition coefficient (Wildman–Crippen LogP) is 4.25. The molecule has 0 radical (unpaired) electrons. The number of carbonyl (C=O) groups is 1. The Hall–Kier alpha value is -1.57. The van der Waals surface area contributed by atoms with E-state index in [2.05, 4.69) is 32.3 Å². The van der Waals surface area contributed by atoms with Crippen LogP contribution in [0.2, 0.25) is 0 Å². The second-order valence-electron chi connectivity index (χ2n) is 6.14. The normalized spacial score (nSPS) is 28.4. The highest BCUT2D eigenvalue weighted by molar-refractivity contribution is 5.88. The average molecular weight is 257 g/mol. The molecule has 1 fully saturated rings. The molecule has 1 saturated carbocycles. The highest BCUT2D eigenvalue weighted by Gasteiger charge is 2.42. The van der Waals surface area contributed by atoms with Crippen molar-refractivity contribution in [3.63, 3.8) is 0 Å². The maximum atomic E-state index is 12.2. The first-order valence-corrected chi connectivity index (χ1v) is 6.97. The van der Waals surface area contributed by atoms with Crippen LogP contribution in [0.5, 0.6) is 0 Å².